The van der Waals surface area contributed by atoms with Crippen LogP contribution >= 0.6 is 8.98 Å². The second-order valence-corrected chi connectivity index (χ2v) is 7.90. The number of hydrogen-bond donors (Lipinski definition) is 2. The topological polar surface area (TPSA) is 58.9 Å². The zero-order valence-corrected chi connectivity index (χ0v) is 21.3. The van der Waals surface area contributed by atoms with Gasteiger partial charge in [0, 0.05) is 72.2 Å². The van der Waals surface area contributed by atoms with Gasteiger partial charge in [-0.15, -0.1) is 0 Å². The predicted molar refractivity (Wildman–Crippen MR) is 85.1 cm³/mol. The van der Waals surface area contributed by atoms with E-state index >= 15 is 0 Å². The Morgan fingerprint density at radius 2 is 1.65 bits per heavy atom. The summed E-state index contributed by atoms with van der Waals surface area (Å²) in [6, 6.07) is 0. The zero-order chi connectivity index (χ0) is 16.4. The number of hydrogen-bond acceptors (Lipinski definition) is 4. The second-order valence-electron chi connectivity index (χ2n) is 7.28. The van der Waals surface area contributed by atoms with Crippen LogP contribution in [0.5, 0.6) is 0 Å². The molecule has 0 aromatic carbocycles. The van der Waals surface area contributed by atoms with Gasteiger partial charge in [0.15, 0.2) is 8.98 Å². The monoisotopic (exact) mass is 593 g/mol. The van der Waals surface area contributed by atoms with Crippen molar-refractivity contribution < 1.29 is 73.0 Å². The van der Waals surface area contributed by atoms with Gasteiger partial charge in [-0.3, -0.25) is 0 Å². The van der Waals surface area contributed by atoms with Crippen molar-refractivity contribution in [3.8, 4) is 0 Å². The standard InChI is InChI=1S/C16H31O4P.W.Y/c1-9-6-14(15(18)11(9)3)8-19-21-20-16-12(4)10(2)5-13(16)7-17;;/h9-18,21H,5-8H2,1-4H3;;/i21T;;. The van der Waals surface area contributed by atoms with E-state index in [0.29, 0.717) is 30.3 Å². The van der Waals surface area contributed by atoms with Gasteiger partial charge in [0.1, 0.15) is 1.28 Å². The van der Waals surface area contributed by atoms with Gasteiger partial charge in [-0.05, 0) is 36.5 Å². The Balaban J connectivity index is 0.00000264. The van der Waals surface area contributed by atoms with Crippen LogP contribution in [0.3, 0.4) is 0 Å². The molecule has 133 valence electrons. The molecule has 1 radical (unpaired) electrons. The summed E-state index contributed by atoms with van der Waals surface area (Å²) in [7, 11) is -1.71. The number of rotatable bonds is 6. The van der Waals surface area contributed by atoms with Gasteiger partial charge in [-0.2, -0.15) is 0 Å². The van der Waals surface area contributed by atoms with Gasteiger partial charge in [-0.25, -0.2) is 0 Å². The minimum atomic E-state index is -1.71. The van der Waals surface area contributed by atoms with Gasteiger partial charge in [0.2, 0.25) is 0 Å². The Hall–Kier alpha value is 2.06. The van der Waals surface area contributed by atoms with Crippen molar-refractivity contribution in [3.63, 3.8) is 0 Å². The predicted octanol–water partition coefficient (Wildman–Crippen LogP) is 2.83. The smallest absolute Gasteiger partial charge is 0.155 e. The van der Waals surface area contributed by atoms with Crippen molar-refractivity contribution in [1.82, 2.24) is 0 Å². The Kier molecular flexibility index (Phi) is 11.8. The number of aliphatic hydroxyl groups is 2. The van der Waals surface area contributed by atoms with E-state index in [4.69, 9.17) is 10.3 Å². The summed E-state index contributed by atoms with van der Waals surface area (Å²) in [5.41, 5.74) is 0. The van der Waals surface area contributed by atoms with Crippen LogP contribution in [0.15, 0.2) is 0 Å². The van der Waals surface area contributed by atoms with Gasteiger partial charge < -0.3 is 19.3 Å². The first-order chi connectivity index (χ1) is 10.3. The van der Waals surface area contributed by atoms with Crippen molar-refractivity contribution in [2.45, 2.75) is 52.7 Å². The first-order valence-electron chi connectivity index (χ1n) is 8.67. The molecule has 2 rings (SSSR count). The van der Waals surface area contributed by atoms with E-state index < -0.39 is 8.98 Å². The van der Waals surface area contributed by atoms with Crippen LogP contribution in [0, 0.1) is 35.5 Å². The van der Waals surface area contributed by atoms with Gasteiger partial charge in [-0.1, -0.05) is 27.7 Å². The fourth-order valence-electron chi connectivity index (χ4n) is 3.91. The summed E-state index contributed by atoms with van der Waals surface area (Å²) in [6.45, 7) is 9.02. The maximum atomic E-state index is 10.2. The fourth-order valence-corrected chi connectivity index (χ4v) is 4.69. The Morgan fingerprint density at radius 1 is 1.09 bits per heavy atom. The van der Waals surface area contributed by atoms with Crippen LogP contribution in [0.1, 0.15) is 40.5 Å². The third-order valence-electron chi connectivity index (χ3n) is 5.89. The van der Waals surface area contributed by atoms with E-state index in [2.05, 4.69) is 27.7 Å². The van der Waals surface area contributed by atoms with Crippen LogP contribution in [-0.4, -0.2) is 36.9 Å². The summed E-state index contributed by atoms with van der Waals surface area (Å²) < 4.78 is 19.5. The molecule has 9 atom stereocenters. The fraction of sp³-hybridized carbons (Fsp3) is 1.00. The molecule has 0 spiro atoms. The molecule has 0 heterocycles. The first kappa shape index (κ1) is 23.1. The average molecular weight is 593 g/mol. The summed E-state index contributed by atoms with van der Waals surface area (Å²) in [5.74, 6) is 1.85. The molecule has 9 unspecified atom stereocenters. The Morgan fingerprint density at radius 3 is 2.17 bits per heavy atom. The largest absolute Gasteiger partial charge is 0.396 e. The summed E-state index contributed by atoms with van der Waals surface area (Å²) >= 11 is 0. The average Bonchev–Trinajstić information content (AvgIpc) is 2.90. The number of aliphatic hydroxyl groups excluding tert-OH is 2. The van der Waals surface area contributed by atoms with Gasteiger partial charge >= 0.3 is 0 Å². The molecule has 0 saturated heterocycles. The summed E-state index contributed by atoms with van der Waals surface area (Å²) in [5, 5.41) is 19.6. The molecular formula is C16H31O4PWY. The maximum Gasteiger partial charge on any atom is 0.155 e. The van der Waals surface area contributed by atoms with Crippen LogP contribution in [0.25, 0.3) is 0 Å². The molecule has 0 aromatic rings. The quantitative estimate of drug-likeness (QED) is 0.466. The molecule has 2 fully saturated rings. The molecule has 2 N–H and O–H groups in total. The SMILES string of the molecule is [3H]P(OCC1CC(C)C(C)C1O)OC1C(CO)CC(C)C1C.[W].[Y]. The second kappa shape index (κ2) is 11.7. The van der Waals surface area contributed by atoms with E-state index in [1.165, 1.54) is 0 Å². The van der Waals surface area contributed by atoms with Crippen LogP contribution in [-0.2, 0) is 62.8 Å². The molecular weight excluding hydrogens is 560 g/mol. The van der Waals surface area contributed by atoms with E-state index in [0.717, 1.165) is 12.8 Å². The molecule has 23 heavy (non-hydrogen) atoms. The molecule has 4 nitrogen and oxygen atoms in total. The summed E-state index contributed by atoms with van der Waals surface area (Å²) in [4.78, 5) is 0. The van der Waals surface area contributed by atoms with Crippen LogP contribution in [0.2, 0.25) is 0 Å². The van der Waals surface area contributed by atoms with Crippen molar-refractivity contribution in [2.75, 3.05) is 13.2 Å². The molecule has 2 aliphatic rings. The van der Waals surface area contributed by atoms with Crippen molar-refractivity contribution in [1.29, 1.82) is 1.28 Å². The van der Waals surface area contributed by atoms with Crippen LogP contribution in [0.4, 0.5) is 0 Å². The third-order valence-corrected chi connectivity index (χ3v) is 6.47. The van der Waals surface area contributed by atoms with E-state index in [1.807, 2.05) is 0 Å². The molecule has 0 aromatic heterocycles. The van der Waals surface area contributed by atoms with E-state index in [1.54, 1.807) is 0 Å². The molecule has 0 bridgehead atoms. The third kappa shape index (κ3) is 6.32. The van der Waals surface area contributed by atoms with Crippen molar-refractivity contribution in [2.24, 2.45) is 35.5 Å². The molecule has 7 heteroatoms. The Bertz CT molecular complexity index is 371. The molecule has 2 saturated carbocycles. The molecule has 0 amide bonds. The van der Waals surface area contributed by atoms with Crippen LogP contribution < -0.4 is 0 Å². The van der Waals surface area contributed by atoms with Crippen molar-refractivity contribution in [3.05, 3.63) is 0 Å². The normalized spacial score (nSPS) is 45.0. The zero-order valence-electron chi connectivity index (χ0n) is 15.6. The maximum absolute atomic E-state index is 10.2. The van der Waals surface area contributed by atoms with Gasteiger partial charge in [0.25, 0.3) is 0 Å². The summed E-state index contributed by atoms with van der Waals surface area (Å²) in [6.07, 6.45) is 1.47. The first-order valence-corrected chi connectivity index (χ1v) is 8.95. The van der Waals surface area contributed by atoms with Gasteiger partial charge in [0.05, 0.1) is 18.8 Å². The molecule has 0 aliphatic heterocycles. The minimum absolute atomic E-state index is 0. The molecule has 2 aliphatic carbocycles. The van der Waals surface area contributed by atoms with E-state index in [9.17, 15) is 10.2 Å². The minimum Gasteiger partial charge on any atom is -0.396 e. The van der Waals surface area contributed by atoms with E-state index in [-0.39, 0.29) is 84.4 Å². The Labute approximate surface area is 183 Å². The van der Waals surface area contributed by atoms with Crippen molar-refractivity contribution >= 4 is 8.98 Å².